The highest BCUT2D eigenvalue weighted by atomic mass is 79.9. The summed E-state index contributed by atoms with van der Waals surface area (Å²) in [6, 6.07) is 7.17. The summed E-state index contributed by atoms with van der Waals surface area (Å²) in [6.07, 6.45) is 7.71. The first-order valence-electron chi connectivity index (χ1n) is 13.7. The van der Waals surface area contributed by atoms with Crippen molar-refractivity contribution in [2.75, 3.05) is 39.1 Å². The van der Waals surface area contributed by atoms with Crippen LogP contribution in [0.4, 0.5) is 4.39 Å². The third-order valence-corrected chi connectivity index (χ3v) is 10.3. The molecule has 2 heterocycles. The van der Waals surface area contributed by atoms with E-state index in [0.717, 1.165) is 48.8 Å². The van der Waals surface area contributed by atoms with Crippen LogP contribution >= 0.6 is 27.5 Å². The number of halogens is 3. The van der Waals surface area contributed by atoms with E-state index in [-0.39, 0.29) is 35.1 Å². The van der Waals surface area contributed by atoms with E-state index in [1.165, 1.54) is 6.26 Å². The molecule has 2 aliphatic rings. The zero-order valence-corrected chi connectivity index (χ0v) is 25.7. The quantitative estimate of drug-likeness (QED) is 0.174. The van der Waals surface area contributed by atoms with Gasteiger partial charge in [0.05, 0.1) is 23.7 Å². The molecule has 7 nitrogen and oxygen atoms in total. The number of Topliss-reactive ketones (excluding diaryl/α,β-unsaturated/α-hetero) is 1. The van der Waals surface area contributed by atoms with Crippen LogP contribution in [0.15, 0.2) is 35.1 Å². The highest BCUT2D eigenvalue weighted by Gasteiger charge is 2.29. The minimum absolute atomic E-state index is 0.0963. The van der Waals surface area contributed by atoms with E-state index in [1.54, 1.807) is 18.5 Å². The molecule has 1 aliphatic carbocycles. The molecule has 0 bridgehead atoms. The van der Waals surface area contributed by atoms with Gasteiger partial charge >= 0.3 is 0 Å². The van der Waals surface area contributed by atoms with Crippen LogP contribution in [0, 0.1) is 11.7 Å². The number of carbonyl (C=O) groups excluding carboxylic acids is 1. The summed E-state index contributed by atoms with van der Waals surface area (Å²) in [5, 5.41) is 0.211. The number of unbranched alkanes of at least 4 members (excludes halogenated alkanes) is 1. The number of aromatic nitrogens is 2. The first kappa shape index (κ1) is 29.6. The van der Waals surface area contributed by atoms with Crippen LogP contribution in [-0.4, -0.2) is 73.0 Å². The van der Waals surface area contributed by atoms with Gasteiger partial charge in [-0.1, -0.05) is 33.6 Å². The summed E-state index contributed by atoms with van der Waals surface area (Å²) in [6.45, 7) is 3.25. The molecule has 5 rings (SSSR count). The standard InChI is InChI=1S/C29H34BrClFN3O4S/c1-40(37,38)22-8-11-34(15-22)9-2-3-10-35-18-33-29-26(35)14-23(27(36)17-39-16-19-4-5-19)24(28(29)32)12-20-6-7-21(30)13-25(20)31/h6-7,13-14,18-19,22H,2-5,8-12,15-17H2,1H3. The highest BCUT2D eigenvalue weighted by molar-refractivity contribution is 9.10. The molecule has 2 fully saturated rings. The van der Waals surface area contributed by atoms with Gasteiger partial charge in [0.1, 0.15) is 12.1 Å². The normalized spacial score (nSPS) is 18.1. The first-order chi connectivity index (χ1) is 19.1. The van der Waals surface area contributed by atoms with Crippen LogP contribution in [0.5, 0.6) is 0 Å². The second kappa shape index (κ2) is 12.6. The third kappa shape index (κ3) is 7.13. The molecular weight excluding hydrogens is 621 g/mol. The Kier molecular flexibility index (Phi) is 9.31. The van der Waals surface area contributed by atoms with Crippen LogP contribution in [0.3, 0.4) is 0 Å². The predicted octanol–water partition coefficient (Wildman–Crippen LogP) is 5.69. The lowest BCUT2D eigenvalue weighted by Gasteiger charge is -2.16. The molecule has 1 saturated heterocycles. The average molecular weight is 655 g/mol. The van der Waals surface area contributed by atoms with Crippen molar-refractivity contribution in [3.8, 4) is 0 Å². The number of hydrogen-bond donors (Lipinski definition) is 0. The van der Waals surface area contributed by atoms with E-state index in [9.17, 15) is 13.2 Å². The minimum atomic E-state index is -3.01. The Morgan fingerprint density at radius 2 is 1.98 bits per heavy atom. The molecule has 1 aliphatic heterocycles. The molecule has 2 aromatic carbocycles. The average Bonchev–Trinajstić information content (AvgIpc) is 3.42. The smallest absolute Gasteiger partial charge is 0.188 e. The molecule has 0 radical (unpaired) electrons. The van der Waals surface area contributed by atoms with Crippen LogP contribution in [0.25, 0.3) is 11.0 Å². The van der Waals surface area contributed by atoms with E-state index in [4.69, 9.17) is 16.3 Å². The van der Waals surface area contributed by atoms with Crippen molar-refractivity contribution < 1.29 is 22.3 Å². The maximum Gasteiger partial charge on any atom is 0.188 e. The number of imidazole rings is 1. The number of ether oxygens (including phenoxy) is 1. The van der Waals surface area contributed by atoms with E-state index >= 15 is 4.39 Å². The molecule has 0 spiro atoms. The number of aryl methyl sites for hydroxylation is 1. The summed E-state index contributed by atoms with van der Waals surface area (Å²) in [7, 11) is -3.01. The lowest BCUT2D eigenvalue weighted by atomic mass is 9.95. The van der Waals surface area contributed by atoms with Crippen molar-refractivity contribution in [3.05, 3.63) is 62.6 Å². The molecule has 0 amide bonds. The number of ketones is 1. The summed E-state index contributed by atoms with van der Waals surface area (Å²) >= 11 is 9.85. The van der Waals surface area contributed by atoms with E-state index < -0.39 is 15.7 Å². The Morgan fingerprint density at radius 1 is 1.20 bits per heavy atom. The number of benzene rings is 2. The fourth-order valence-corrected chi connectivity index (χ4v) is 7.06. The number of rotatable bonds is 13. The maximum atomic E-state index is 16.0. The number of likely N-dealkylation sites (tertiary alicyclic amines) is 1. The number of fused-ring (bicyclic) bond motifs is 1. The molecule has 1 saturated carbocycles. The molecule has 3 aromatic rings. The Morgan fingerprint density at radius 3 is 2.67 bits per heavy atom. The number of hydrogen-bond acceptors (Lipinski definition) is 6. The molecule has 216 valence electrons. The summed E-state index contributed by atoms with van der Waals surface area (Å²) in [5.41, 5.74) is 2.10. The molecule has 1 unspecified atom stereocenters. The highest BCUT2D eigenvalue weighted by Crippen LogP contribution is 2.31. The van der Waals surface area contributed by atoms with Crippen LogP contribution in [-0.2, 0) is 27.5 Å². The second-order valence-electron chi connectivity index (χ2n) is 11.1. The maximum absolute atomic E-state index is 16.0. The number of carbonyl (C=O) groups is 1. The van der Waals surface area contributed by atoms with E-state index in [1.807, 2.05) is 16.7 Å². The number of sulfone groups is 1. The monoisotopic (exact) mass is 653 g/mol. The van der Waals surface area contributed by atoms with Gasteiger partial charge in [-0.2, -0.15) is 0 Å². The largest absolute Gasteiger partial charge is 0.373 e. The Labute approximate surface area is 248 Å². The van der Waals surface area contributed by atoms with Gasteiger partial charge in [-0.15, -0.1) is 0 Å². The van der Waals surface area contributed by atoms with Gasteiger partial charge in [0.2, 0.25) is 0 Å². The van der Waals surface area contributed by atoms with Gasteiger partial charge in [0.25, 0.3) is 0 Å². The Hall–Kier alpha value is -1.85. The first-order valence-corrected chi connectivity index (χ1v) is 16.8. The Bertz CT molecular complexity index is 1510. The van der Waals surface area contributed by atoms with E-state index in [0.29, 0.717) is 48.1 Å². The summed E-state index contributed by atoms with van der Waals surface area (Å²) in [5.74, 6) is -0.246. The molecule has 40 heavy (non-hydrogen) atoms. The second-order valence-corrected chi connectivity index (χ2v) is 14.7. The van der Waals surface area contributed by atoms with Crippen molar-refractivity contribution in [2.45, 2.75) is 50.3 Å². The third-order valence-electron chi connectivity index (χ3n) is 7.88. The van der Waals surface area contributed by atoms with Crippen molar-refractivity contribution in [3.63, 3.8) is 0 Å². The van der Waals surface area contributed by atoms with Crippen molar-refractivity contribution in [1.29, 1.82) is 0 Å². The van der Waals surface area contributed by atoms with Crippen molar-refractivity contribution in [1.82, 2.24) is 14.5 Å². The molecule has 1 aromatic heterocycles. The van der Waals surface area contributed by atoms with Gasteiger partial charge < -0.3 is 14.2 Å². The van der Waals surface area contributed by atoms with Gasteiger partial charge in [-0.25, -0.2) is 17.8 Å². The molecule has 0 N–H and O–H groups in total. The van der Waals surface area contributed by atoms with Crippen LogP contribution < -0.4 is 0 Å². The number of nitrogens with zero attached hydrogens (tertiary/aromatic N) is 3. The zero-order valence-electron chi connectivity index (χ0n) is 22.5. The van der Waals surface area contributed by atoms with Crippen LogP contribution in [0.2, 0.25) is 5.02 Å². The SMILES string of the molecule is CS(=O)(=O)C1CCN(CCCCn2cnc3c(F)c(Cc4ccc(Br)cc4Cl)c(C(=O)COCC4CC4)cc32)C1. The fraction of sp³-hybridized carbons (Fsp3) is 0.517. The van der Waals surface area contributed by atoms with Gasteiger partial charge in [0, 0.05) is 46.4 Å². The van der Waals surface area contributed by atoms with Gasteiger partial charge in [0.15, 0.2) is 21.4 Å². The fourth-order valence-electron chi connectivity index (χ4n) is 5.30. The molecular formula is C29H34BrClFN3O4S. The minimum Gasteiger partial charge on any atom is -0.373 e. The lowest BCUT2D eigenvalue weighted by Crippen LogP contribution is -2.27. The predicted molar refractivity (Wildman–Crippen MR) is 158 cm³/mol. The van der Waals surface area contributed by atoms with Crippen molar-refractivity contribution >= 4 is 54.2 Å². The molecule has 11 heteroatoms. The Balaban J connectivity index is 1.33. The summed E-state index contributed by atoms with van der Waals surface area (Å²) in [4.78, 5) is 19.9. The van der Waals surface area contributed by atoms with Gasteiger partial charge in [-0.05, 0) is 74.9 Å². The van der Waals surface area contributed by atoms with Crippen molar-refractivity contribution in [2.24, 2.45) is 5.92 Å². The van der Waals surface area contributed by atoms with E-state index in [2.05, 4.69) is 25.8 Å². The van der Waals surface area contributed by atoms with Gasteiger partial charge in [-0.3, -0.25) is 4.79 Å². The van der Waals surface area contributed by atoms with Crippen LogP contribution in [0.1, 0.15) is 53.6 Å². The summed E-state index contributed by atoms with van der Waals surface area (Å²) < 4.78 is 48.0. The molecule has 1 atom stereocenters. The topological polar surface area (TPSA) is 81.5 Å². The lowest BCUT2D eigenvalue weighted by molar-refractivity contribution is 0.0738. The zero-order chi connectivity index (χ0) is 28.4.